The standard InChI is InChI=1S/C15H29NO3/c1-4-10-16-15(3,14(17)18)9-11-19-13-7-5-12(2)6-8-13/h12-13,16H,4-11H2,1-3H3,(H,17,18). The van der Waals surface area contributed by atoms with Crippen LogP contribution in [0, 0.1) is 5.92 Å². The van der Waals surface area contributed by atoms with E-state index < -0.39 is 11.5 Å². The van der Waals surface area contributed by atoms with E-state index in [0.717, 1.165) is 31.7 Å². The van der Waals surface area contributed by atoms with Crippen molar-refractivity contribution < 1.29 is 14.6 Å². The lowest BCUT2D eigenvalue weighted by Gasteiger charge is -2.29. The maximum absolute atomic E-state index is 11.3. The van der Waals surface area contributed by atoms with Crippen LogP contribution in [0.3, 0.4) is 0 Å². The molecule has 0 bridgehead atoms. The highest BCUT2D eigenvalue weighted by Crippen LogP contribution is 2.26. The Kier molecular flexibility index (Phi) is 6.80. The van der Waals surface area contributed by atoms with Gasteiger partial charge in [0.05, 0.1) is 6.10 Å². The van der Waals surface area contributed by atoms with Gasteiger partial charge in [-0.25, -0.2) is 0 Å². The smallest absolute Gasteiger partial charge is 0.323 e. The van der Waals surface area contributed by atoms with Crippen molar-refractivity contribution in [2.24, 2.45) is 5.92 Å². The molecule has 112 valence electrons. The van der Waals surface area contributed by atoms with Crippen molar-refractivity contribution in [3.05, 3.63) is 0 Å². The summed E-state index contributed by atoms with van der Waals surface area (Å²) in [5.41, 5.74) is -0.863. The molecule has 1 saturated carbocycles. The summed E-state index contributed by atoms with van der Waals surface area (Å²) in [5.74, 6) is 0.0252. The highest BCUT2D eigenvalue weighted by atomic mass is 16.5. The predicted octanol–water partition coefficient (Wildman–Crippen LogP) is 2.81. The number of carbonyl (C=O) groups is 1. The minimum Gasteiger partial charge on any atom is -0.480 e. The van der Waals surface area contributed by atoms with Crippen LogP contribution in [0.5, 0.6) is 0 Å². The number of ether oxygens (including phenoxy) is 1. The van der Waals surface area contributed by atoms with Crippen molar-refractivity contribution in [2.75, 3.05) is 13.2 Å². The average Bonchev–Trinajstić information content (AvgIpc) is 2.38. The van der Waals surface area contributed by atoms with Gasteiger partial charge in [0.25, 0.3) is 0 Å². The quantitative estimate of drug-likeness (QED) is 0.712. The second-order valence-corrected chi connectivity index (χ2v) is 6.07. The number of carboxylic acids is 1. The highest BCUT2D eigenvalue weighted by molar-refractivity contribution is 5.78. The van der Waals surface area contributed by atoms with Gasteiger partial charge in [0.15, 0.2) is 0 Å². The predicted molar refractivity (Wildman–Crippen MR) is 76.3 cm³/mol. The Morgan fingerprint density at radius 3 is 2.53 bits per heavy atom. The molecule has 1 rings (SSSR count). The molecule has 0 aromatic heterocycles. The van der Waals surface area contributed by atoms with Crippen molar-refractivity contribution in [3.8, 4) is 0 Å². The third-order valence-corrected chi connectivity index (χ3v) is 4.16. The average molecular weight is 271 g/mol. The van der Waals surface area contributed by atoms with Gasteiger partial charge in [-0.15, -0.1) is 0 Å². The van der Waals surface area contributed by atoms with Gasteiger partial charge in [0.1, 0.15) is 5.54 Å². The fraction of sp³-hybridized carbons (Fsp3) is 0.933. The fourth-order valence-electron chi connectivity index (χ4n) is 2.50. The summed E-state index contributed by atoms with van der Waals surface area (Å²) in [5, 5.41) is 12.4. The molecule has 1 atom stereocenters. The van der Waals surface area contributed by atoms with Crippen LogP contribution in [0.25, 0.3) is 0 Å². The van der Waals surface area contributed by atoms with Crippen molar-refractivity contribution in [2.45, 2.75) is 70.9 Å². The van der Waals surface area contributed by atoms with Gasteiger partial charge in [-0.2, -0.15) is 0 Å². The molecule has 1 aliphatic rings. The molecular weight excluding hydrogens is 242 g/mol. The van der Waals surface area contributed by atoms with Crippen LogP contribution in [0.1, 0.15) is 59.3 Å². The van der Waals surface area contributed by atoms with Gasteiger partial charge in [-0.05, 0) is 57.9 Å². The van der Waals surface area contributed by atoms with E-state index >= 15 is 0 Å². The van der Waals surface area contributed by atoms with E-state index in [1.54, 1.807) is 6.92 Å². The molecule has 0 heterocycles. The molecule has 1 aliphatic carbocycles. The molecule has 1 fully saturated rings. The van der Waals surface area contributed by atoms with E-state index in [9.17, 15) is 9.90 Å². The van der Waals surface area contributed by atoms with Gasteiger partial charge in [-0.3, -0.25) is 4.79 Å². The first-order valence-electron chi connectivity index (χ1n) is 7.58. The molecular formula is C15H29NO3. The number of carboxylic acid groups (broad SMARTS) is 1. The Morgan fingerprint density at radius 2 is 2.00 bits per heavy atom. The van der Waals surface area contributed by atoms with Crippen LogP contribution in [0.4, 0.5) is 0 Å². The van der Waals surface area contributed by atoms with E-state index in [-0.39, 0.29) is 0 Å². The lowest BCUT2D eigenvalue weighted by atomic mass is 9.89. The van der Waals surface area contributed by atoms with E-state index in [2.05, 4.69) is 12.2 Å². The number of hydrogen-bond acceptors (Lipinski definition) is 3. The van der Waals surface area contributed by atoms with Crippen molar-refractivity contribution in [1.82, 2.24) is 5.32 Å². The maximum Gasteiger partial charge on any atom is 0.323 e. The van der Waals surface area contributed by atoms with Crippen LogP contribution in [-0.4, -0.2) is 35.9 Å². The van der Waals surface area contributed by atoms with Crippen LogP contribution in [0.2, 0.25) is 0 Å². The molecule has 0 saturated heterocycles. The maximum atomic E-state index is 11.3. The molecule has 0 aliphatic heterocycles. The summed E-state index contributed by atoms with van der Waals surface area (Å²) in [6.07, 6.45) is 6.49. The summed E-state index contributed by atoms with van der Waals surface area (Å²) in [4.78, 5) is 11.3. The summed E-state index contributed by atoms with van der Waals surface area (Å²) < 4.78 is 5.85. The minimum absolute atomic E-state index is 0.334. The summed E-state index contributed by atoms with van der Waals surface area (Å²) in [6.45, 7) is 7.32. The molecule has 4 heteroatoms. The van der Waals surface area contributed by atoms with Gasteiger partial charge in [0.2, 0.25) is 0 Å². The summed E-state index contributed by atoms with van der Waals surface area (Å²) in [6, 6.07) is 0. The van der Waals surface area contributed by atoms with Crippen LogP contribution in [-0.2, 0) is 9.53 Å². The highest BCUT2D eigenvalue weighted by Gasteiger charge is 2.32. The minimum atomic E-state index is -0.863. The lowest BCUT2D eigenvalue weighted by molar-refractivity contribution is -0.145. The Bertz CT molecular complexity index is 275. The van der Waals surface area contributed by atoms with Crippen molar-refractivity contribution in [1.29, 1.82) is 0 Å². The topological polar surface area (TPSA) is 58.6 Å². The molecule has 0 aromatic rings. The molecule has 0 spiro atoms. The van der Waals surface area contributed by atoms with Gasteiger partial charge >= 0.3 is 5.97 Å². The Hall–Kier alpha value is -0.610. The van der Waals surface area contributed by atoms with E-state index in [1.165, 1.54) is 12.8 Å². The Labute approximate surface area is 116 Å². The number of hydrogen-bond donors (Lipinski definition) is 2. The zero-order valence-corrected chi connectivity index (χ0v) is 12.6. The lowest BCUT2D eigenvalue weighted by Crippen LogP contribution is -2.50. The molecule has 4 nitrogen and oxygen atoms in total. The van der Waals surface area contributed by atoms with E-state index in [0.29, 0.717) is 19.1 Å². The first-order valence-corrected chi connectivity index (χ1v) is 7.58. The van der Waals surface area contributed by atoms with Gasteiger partial charge in [-0.1, -0.05) is 13.8 Å². The van der Waals surface area contributed by atoms with E-state index in [1.807, 2.05) is 6.92 Å². The zero-order chi connectivity index (χ0) is 14.3. The number of aliphatic carboxylic acids is 1. The summed E-state index contributed by atoms with van der Waals surface area (Å²) in [7, 11) is 0. The van der Waals surface area contributed by atoms with E-state index in [4.69, 9.17) is 4.74 Å². The van der Waals surface area contributed by atoms with Crippen LogP contribution >= 0.6 is 0 Å². The molecule has 0 aromatic carbocycles. The van der Waals surface area contributed by atoms with Gasteiger partial charge < -0.3 is 15.2 Å². The number of nitrogens with one attached hydrogen (secondary N) is 1. The third kappa shape index (κ3) is 5.49. The Balaban J connectivity index is 2.30. The monoisotopic (exact) mass is 271 g/mol. The van der Waals surface area contributed by atoms with Crippen molar-refractivity contribution in [3.63, 3.8) is 0 Å². The molecule has 0 amide bonds. The first-order chi connectivity index (χ1) is 8.98. The zero-order valence-electron chi connectivity index (χ0n) is 12.6. The summed E-state index contributed by atoms with van der Waals surface area (Å²) >= 11 is 0. The normalized spacial score (nSPS) is 26.9. The van der Waals surface area contributed by atoms with Crippen LogP contribution < -0.4 is 5.32 Å². The van der Waals surface area contributed by atoms with Gasteiger partial charge in [0, 0.05) is 6.61 Å². The molecule has 2 N–H and O–H groups in total. The molecule has 19 heavy (non-hydrogen) atoms. The SMILES string of the molecule is CCCNC(C)(CCOC1CCC(C)CC1)C(=O)O. The van der Waals surface area contributed by atoms with Crippen LogP contribution in [0.15, 0.2) is 0 Å². The second kappa shape index (κ2) is 7.85. The Morgan fingerprint density at radius 1 is 1.37 bits per heavy atom. The molecule has 0 radical (unpaired) electrons. The number of rotatable bonds is 8. The fourth-order valence-corrected chi connectivity index (χ4v) is 2.50. The largest absolute Gasteiger partial charge is 0.480 e. The first kappa shape index (κ1) is 16.4. The third-order valence-electron chi connectivity index (χ3n) is 4.16. The second-order valence-electron chi connectivity index (χ2n) is 6.07. The molecule has 1 unspecified atom stereocenters. The van der Waals surface area contributed by atoms with Crippen molar-refractivity contribution >= 4 is 5.97 Å².